The van der Waals surface area contributed by atoms with Crippen molar-refractivity contribution in [1.82, 2.24) is 5.32 Å². The number of hydrogen-bond acceptors (Lipinski definition) is 2. The largest absolute Gasteiger partial charge is 0.507 e. The van der Waals surface area contributed by atoms with Gasteiger partial charge in [0.15, 0.2) is 0 Å². The standard InChI is InChI=1S/C19H26N2O2/c1-18(2,3)12-19(4,5)21-17(23)20-15-10-11-16(22)14-9-7-6-8-13(14)15/h6-11,22H,12H2,1-5H3,(H2,20,21,23). The van der Waals surface area contributed by atoms with Gasteiger partial charge in [-0.25, -0.2) is 4.79 Å². The first-order chi connectivity index (χ1) is 10.6. The molecule has 3 N–H and O–H groups in total. The zero-order chi connectivity index (χ0) is 17.3. The molecule has 0 saturated heterocycles. The van der Waals surface area contributed by atoms with E-state index in [4.69, 9.17) is 0 Å². The Morgan fingerprint density at radius 1 is 1.00 bits per heavy atom. The Labute approximate surface area is 137 Å². The van der Waals surface area contributed by atoms with Gasteiger partial charge < -0.3 is 15.7 Å². The molecule has 4 heteroatoms. The third-order valence-electron chi connectivity index (χ3n) is 3.57. The van der Waals surface area contributed by atoms with Crippen LogP contribution < -0.4 is 10.6 Å². The maximum absolute atomic E-state index is 12.4. The van der Waals surface area contributed by atoms with Gasteiger partial charge in [0.1, 0.15) is 5.75 Å². The number of urea groups is 1. The van der Waals surface area contributed by atoms with E-state index in [0.717, 1.165) is 17.2 Å². The van der Waals surface area contributed by atoms with E-state index in [2.05, 4.69) is 31.4 Å². The van der Waals surface area contributed by atoms with Gasteiger partial charge in [0, 0.05) is 16.3 Å². The normalized spacial score (nSPS) is 12.2. The number of aromatic hydroxyl groups is 1. The second kappa shape index (κ2) is 6.11. The number of phenolic OH excluding ortho intramolecular Hbond substituents is 1. The quantitative estimate of drug-likeness (QED) is 0.707. The molecule has 0 saturated carbocycles. The first-order valence-electron chi connectivity index (χ1n) is 7.87. The molecule has 0 spiro atoms. The van der Waals surface area contributed by atoms with Crippen molar-refractivity contribution >= 4 is 22.5 Å². The summed E-state index contributed by atoms with van der Waals surface area (Å²) < 4.78 is 0. The van der Waals surface area contributed by atoms with Gasteiger partial charge in [-0.3, -0.25) is 0 Å². The number of rotatable bonds is 3. The molecule has 0 aliphatic rings. The molecule has 0 atom stereocenters. The number of phenols is 1. The monoisotopic (exact) mass is 314 g/mol. The molecular formula is C19H26N2O2. The van der Waals surface area contributed by atoms with E-state index in [0.29, 0.717) is 5.69 Å². The highest BCUT2D eigenvalue weighted by atomic mass is 16.3. The molecule has 0 aliphatic carbocycles. The molecule has 2 aromatic rings. The predicted molar refractivity (Wildman–Crippen MR) is 95.9 cm³/mol. The van der Waals surface area contributed by atoms with Gasteiger partial charge >= 0.3 is 6.03 Å². The van der Waals surface area contributed by atoms with E-state index in [1.807, 2.05) is 38.1 Å². The van der Waals surface area contributed by atoms with Crippen LogP contribution in [0.5, 0.6) is 5.75 Å². The van der Waals surface area contributed by atoms with E-state index in [9.17, 15) is 9.90 Å². The number of hydrogen-bond donors (Lipinski definition) is 3. The molecular weight excluding hydrogens is 288 g/mol. The Kier molecular flexibility index (Phi) is 4.55. The smallest absolute Gasteiger partial charge is 0.319 e. The summed E-state index contributed by atoms with van der Waals surface area (Å²) in [6.45, 7) is 10.5. The van der Waals surface area contributed by atoms with E-state index < -0.39 is 0 Å². The summed E-state index contributed by atoms with van der Waals surface area (Å²) in [5.41, 5.74) is 0.499. The number of carbonyl (C=O) groups is 1. The summed E-state index contributed by atoms with van der Waals surface area (Å²) in [6, 6.07) is 10.5. The second-order valence-electron chi connectivity index (χ2n) is 7.88. The number of benzene rings is 2. The molecule has 0 aromatic heterocycles. The van der Waals surface area contributed by atoms with Crippen LogP contribution in [0, 0.1) is 5.41 Å². The fraction of sp³-hybridized carbons (Fsp3) is 0.421. The molecule has 0 unspecified atom stereocenters. The molecule has 0 aliphatic heterocycles. The second-order valence-corrected chi connectivity index (χ2v) is 7.88. The van der Waals surface area contributed by atoms with E-state index >= 15 is 0 Å². The van der Waals surface area contributed by atoms with Crippen LogP contribution in [-0.4, -0.2) is 16.7 Å². The summed E-state index contributed by atoms with van der Waals surface area (Å²) in [5.74, 6) is 0.208. The Balaban J connectivity index is 2.17. The number of nitrogens with one attached hydrogen (secondary N) is 2. The van der Waals surface area contributed by atoms with Crippen LogP contribution in [-0.2, 0) is 0 Å². The summed E-state index contributed by atoms with van der Waals surface area (Å²) in [7, 11) is 0. The van der Waals surface area contributed by atoms with Crippen molar-refractivity contribution in [2.24, 2.45) is 5.41 Å². The van der Waals surface area contributed by atoms with Gasteiger partial charge in [-0.15, -0.1) is 0 Å². The fourth-order valence-corrected chi connectivity index (χ4v) is 3.22. The van der Waals surface area contributed by atoms with Crippen LogP contribution in [0.1, 0.15) is 41.0 Å². The third kappa shape index (κ3) is 4.62. The van der Waals surface area contributed by atoms with Crippen molar-refractivity contribution in [3.05, 3.63) is 36.4 Å². The van der Waals surface area contributed by atoms with Crippen molar-refractivity contribution in [2.45, 2.75) is 46.6 Å². The van der Waals surface area contributed by atoms with Gasteiger partial charge in [0.2, 0.25) is 0 Å². The maximum Gasteiger partial charge on any atom is 0.319 e. The third-order valence-corrected chi connectivity index (χ3v) is 3.57. The summed E-state index contributed by atoms with van der Waals surface area (Å²) in [6.07, 6.45) is 0.865. The lowest BCUT2D eigenvalue weighted by atomic mass is 9.82. The lowest BCUT2D eigenvalue weighted by molar-refractivity contribution is 0.220. The average Bonchev–Trinajstić information content (AvgIpc) is 2.39. The van der Waals surface area contributed by atoms with Crippen LogP contribution in [0.2, 0.25) is 0 Å². The highest BCUT2D eigenvalue weighted by molar-refractivity contribution is 6.03. The van der Waals surface area contributed by atoms with Gasteiger partial charge in [-0.2, -0.15) is 0 Å². The summed E-state index contributed by atoms with van der Waals surface area (Å²) in [5, 5.41) is 17.4. The number of amides is 2. The van der Waals surface area contributed by atoms with Crippen LogP contribution in [0.25, 0.3) is 10.8 Å². The van der Waals surface area contributed by atoms with Crippen LogP contribution >= 0.6 is 0 Å². The van der Waals surface area contributed by atoms with Crippen molar-refractivity contribution in [3.63, 3.8) is 0 Å². The molecule has 0 fully saturated rings. The van der Waals surface area contributed by atoms with Crippen molar-refractivity contribution in [2.75, 3.05) is 5.32 Å². The minimum atomic E-state index is -0.310. The van der Waals surface area contributed by atoms with Gasteiger partial charge in [-0.1, -0.05) is 45.0 Å². The predicted octanol–water partition coefficient (Wildman–Crippen LogP) is 4.88. The molecule has 2 aromatic carbocycles. The Morgan fingerprint density at radius 3 is 2.22 bits per heavy atom. The van der Waals surface area contributed by atoms with Gasteiger partial charge in [-0.05, 0) is 37.8 Å². The zero-order valence-electron chi connectivity index (χ0n) is 14.5. The van der Waals surface area contributed by atoms with Gasteiger partial charge in [0.25, 0.3) is 0 Å². The molecule has 0 heterocycles. The van der Waals surface area contributed by atoms with Crippen molar-refractivity contribution < 1.29 is 9.90 Å². The lowest BCUT2D eigenvalue weighted by Crippen LogP contribution is -2.47. The topological polar surface area (TPSA) is 61.4 Å². The first kappa shape index (κ1) is 17.1. The first-order valence-corrected chi connectivity index (χ1v) is 7.87. The average molecular weight is 314 g/mol. The molecule has 2 amide bonds. The maximum atomic E-state index is 12.4. The highest BCUT2D eigenvalue weighted by Crippen LogP contribution is 2.31. The van der Waals surface area contributed by atoms with Crippen molar-refractivity contribution in [1.29, 1.82) is 0 Å². The zero-order valence-corrected chi connectivity index (χ0v) is 14.5. The van der Waals surface area contributed by atoms with Crippen LogP contribution in [0.15, 0.2) is 36.4 Å². The SMILES string of the molecule is CC(C)(C)CC(C)(C)NC(=O)Nc1ccc(O)c2ccccc12. The molecule has 2 rings (SSSR count). The van der Waals surface area contributed by atoms with Crippen LogP contribution in [0.3, 0.4) is 0 Å². The summed E-state index contributed by atoms with van der Waals surface area (Å²) >= 11 is 0. The lowest BCUT2D eigenvalue weighted by Gasteiger charge is -2.33. The Morgan fingerprint density at radius 2 is 1.61 bits per heavy atom. The molecule has 124 valence electrons. The number of anilines is 1. The van der Waals surface area contributed by atoms with E-state index in [1.54, 1.807) is 12.1 Å². The fourth-order valence-electron chi connectivity index (χ4n) is 3.22. The van der Waals surface area contributed by atoms with Crippen LogP contribution in [0.4, 0.5) is 10.5 Å². The van der Waals surface area contributed by atoms with E-state index in [-0.39, 0.29) is 22.7 Å². The van der Waals surface area contributed by atoms with E-state index in [1.165, 1.54) is 0 Å². The molecule has 4 nitrogen and oxygen atoms in total. The molecule has 0 radical (unpaired) electrons. The molecule has 0 bridgehead atoms. The highest BCUT2D eigenvalue weighted by Gasteiger charge is 2.27. The Hall–Kier alpha value is -2.23. The number of carbonyl (C=O) groups excluding carboxylic acids is 1. The Bertz CT molecular complexity index is 715. The molecule has 23 heavy (non-hydrogen) atoms. The number of fused-ring (bicyclic) bond motifs is 1. The van der Waals surface area contributed by atoms with Crippen molar-refractivity contribution in [3.8, 4) is 5.75 Å². The van der Waals surface area contributed by atoms with Gasteiger partial charge in [0.05, 0.1) is 5.69 Å². The minimum Gasteiger partial charge on any atom is -0.507 e. The minimum absolute atomic E-state index is 0.127. The summed E-state index contributed by atoms with van der Waals surface area (Å²) in [4.78, 5) is 12.4.